The van der Waals surface area contributed by atoms with Crippen LogP contribution in [0.4, 0.5) is 5.69 Å². The summed E-state index contributed by atoms with van der Waals surface area (Å²) in [4.78, 5) is 27.6. The maximum absolute atomic E-state index is 12.0. The highest BCUT2D eigenvalue weighted by Crippen LogP contribution is 2.25. The summed E-state index contributed by atoms with van der Waals surface area (Å²) in [6.07, 6.45) is 3.00. The average molecular weight is 365 g/mol. The van der Waals surface area contributed by atoms with Crippen molar-refractivity contribution in [2.45, 2.75) is 13.3 Å². The molecule has 2 aromatic rings. The largest absolute Gasteiger partial charge is 0.324 e. The van der Waals surface area contributed by atoms with Crippen molar-refractivity contribution < 1.29 is 9.59 Å². The molecule has 2 amide bonds. The summed E-state index contributed by atoms with van der Waals surface area (Å²) in [6, 6.07) is 8.03. The zero-order valence-corrected chi connectivity index (χ0v) is 14.2. The smallest absolute Gasteiger partial charge is 0.272 e. The van der Waals surface area contributed by atoms with E-state index in [4.69, 9.17) is 23.2 Å². The van der Waals surface area contributed by atoms with Gasteiger partial charge in [-0.25, -0.2) is 5.43 Å². The van der Waals surface area contributed by atoms with Crippen molar-refractivity contribution in [3.05, 3.63) is 58.3 Å². The van der Waals surface area contributed by atoms with E-state index in [0.29, 0.717) is 27.0 Å². The molecular formula is C16H14Cl2N4O2. The molecule has 0 fully saturated rings. The van der Waals surface area contributed by atoms with E-state index in [1.807, 2.05) is 0 Å². The van der Waals surface area contributed by atoms with E-state index in [-0.39, 0.29) is 12.3 Å². The number of amides is 2. The molecule has 1 aromatic carbocycles. The topological polar surface area (TPSA) is 83.5 Å². The van der Waals surface area contributed by atoms with Crippen LogP contribution >= 0.6 is 23.2 Å². The first kappa shape index (κ1) is 17.9. The minimum absolute atomic E-state index is 0.00623. The summed E-state index contributed by atoms with van der Waals surface area (Å²) in [6.45, 7) is 1.63. The molecule has 0 aliphatic heterocycles. The second-order valence-electron chi connectivity index (χ2n) is 4.88. The SMILES string of the molecule is C/C(CC(=O)Nc1ccc(Cl)cc1Cl)=N/NC(=O)c1cccnc1. The van der Waals surface area contributed by atoms with Gasteiger partial charge >= 0.3 is 0 Å². The maximum Gasteiger partial charge on any atom is 0.272 e. The van der Waals surface area contributed by atoms with E-state index >= 15 is 0 Å². The van der Waals surface area contributed by atoms with Crippen molar-refractivity contribution in [3.63, 3.8) is 0 Å². The monoisotopic (exact) mass is 364 g/mol. The van der Waals surface area contributed by atoms with Gasteiger partial charge in [0.1, 0.15) is 0 Å². The van der Waals surface area contributed by atoms with E-state index in [1.54, 1.807) is 37.4 Å². The standard InChI is InChI=1S/C16H14Cl2N4O2/c1-10(21-22-16(24)11-3-2-6-19-9-11)7-15(23)20-14-5-4-12(17)8-13(14)18/h2-6,8-9H,7H2,1H3,(H,20,23)(H,22,24)/b21-10-. The highest BCUT2D eigenvalue weighted by molar-refractivity contribution is 6.36. The normalized spacial score (nSPS) is 11.0. The van der Waals surface area contributed by atoms with Crippen molar-refractivity contribution in [1.82, 2.24) is 10.4 Å². The number of benzene rings is 1. The number of aromatic nitrogens is 1. The second kappa shape index (κ2) is 8.42. The van der Waals surface area contributed by atoms with Gasteiger partial charge in [0.05, 0.1) is 22.7 Å². The Bertz CT molecular complexity index is 779. The molecule has 0 spiro atoms. The van der Waals surface area contributed by atoms with Gasteiger partial charge in [-0.15, -0.1) is 0 Å². The van der Waals surface area contributed by atoms with Crippen LogP contribution in [-0.4, -0.2) is 22.5 Å². The predicted octanol–water partition coefficient (Wildman–Crippen LogP) is 3.52. The molecule has 0 atom stereocenters. The first-order chi connectivity index (χ1) is 11.5. The number of carbonyl (C=O) groups is 2. The Kier molecular flexibility index (Phi) is 6.28. The number of hydrogen-bond donors (Lipinski definition) is 2. The number of hydrogen-bond acceptors (Lipinski definition) is 4. The number of nitrogens with one attached hydrogen (secondary N) is 2. The van der Waals surface area contributed by atoms with Gasteiger partial charge in [0.25, 0.3) is 5.91 Å². The Morgan fingerprint density at radius 3 is 2.71 bits per heavy atom. The number of anilines is 1. The van der Waals surface area contributed by atoms with Gasteiger partial charge < -0.3 is 5.32 Å². The molecule has 24 heavy (non-hydrogen) atoms. The average Bonchev–Trinajstić information content (AvgIpc) is 2.56. The van der Waals surface area contributed by atoms with E-state index in [0.717, 1.165) is 0 Å². The zero-order valence-electron chi connectivity index (χ0n) is 12.7. The fourth-order valence-corrected chi connectivity index (χ4v) is 2.22. The number of nitrogens with zero attached hydrogens (tertiary/aromatic N) is 2. The maximum atomic E-state index is 12.0. The minimum Gasteiger partial charge on any atom is -0.324 e. The van der Waals surface area contributed by atoms with Gasteiger partial charge in [0, 0.05) is 23.1 Å². The Hall–Kier alpha value is -2.44. The lowest BCUT2D eigenvalue weighted by atomic mass is 10.2. The van der Waals surface area contributed by atoms with Crippen molar-refractivity contribution >= 4 is 46.4 Å². The van der Waals surface area contributed by atoms with Crippen LogP contribution in [0, 0.1) is 0 Å². The summed E-state index contributed by atoms with van der Waals surface area (Å²) in [5.74, 6) is -0.709. The second-order valence-corrected chi connectivity index (χ2v) is 5.72. The summed E-state index contributed by atoms with van der Waals surface area (Å²) < 4.78 is 0. The first-order valence-electron chi connectivity index (χ1n) is 6.94. The third kappa shape index (κ3) is 5.33. The molecule has 2 N–H and O–H groups in total. The minimum atomic E-state index is -0.399. The lowest BCUT2D eigenvalue weighted by Crippen LogP contribution is -2.21. The Morgan fingerprint density at radius 2 is 2.04 bits per heavy atom. The highest BCUT2D eigenvalue weighted by atomic mass is 35.5. The number of rotatable bonds is 5. The molecule has 6 nitrogen and oxygen atoms in total. The van der Waals surface area contributed by atoms with Crippen LogP contribution in [0.5, 0.6) is 0 Å². The summed E-state index contributed by atoms with van der Waals surface area (Å²) in [5, 5.41) is 7.37. The van der Waals surface area contributed by atoms with Gasteiger partial charge in [0.2, 0.25) is 5.91 Å². The molecule has 0 saturated heterocycles. The van der Waals surface area contributed by atoms with Gasteiger partial charge in [-0.1, -0.05) is 23.2 Å². The third-order valence-corrected chi connectivity index (χ3v) is 3.44. The van der Waals surface area contributed by atoms with Gasteiger partial charge in [-0.3, -0.25) is 14.6 Å². The number of carbonyl (C=O) groups excluding carboxylic acids is 2. The van der Waals surface area contributed by atoms with E-state index in [9.17, 15) is 9.59 Å². The van der Waals surface area contributed by atoms with Crippen LogP contribution in [0.3, 0.4) is 0 Å². The molecule has 0 aliphatic rings. The lowest BCUT2D eigenvalue weighted by molar-refractivity contribution is -0.115. The number of pyridine rings is 1. The van der Waals surface area contributed by atoms with Crippen molar-refractivity contribution in [3.8, 4) is 0 Å². The van der Waals surface area contributed by atoms with Crippen molar-refractivity contribution in [2.75, 3.05) is 5.32 Å². The third-order valence-electron chi connectivity index (χ3n) is 2.89. The van der Waals surface area contributed by atoms with Gasteiger partial charge in [-0.2, -0.15) is 5.10 Å². The fraction of sp³-hybridized carbons (Fsp3) is 0.125. The summed E-state index contributed by atoms with van der Waals surface area (Å²) in [7, 11) is 0. The Morgan fingerprint density at radius 1 is 1.25 bits per heavy atom. The zero-order chi connectivity index (χ0) is 17.5. The summed E-state index contributed by atoms with van der Waals surface area (Å²) in [5.41, 5.74) is 3.65. The predicted molar refractivity (Wildman–Crippen MR) is 94.5 cm³/mol. The molecule has 8 heteroatoms. The van der Waals surface area contributed by atoms with Gasteiger partial charge in [-0.05, 0) is 37.3 Å². The Balaban J connectivity index is 1.90. The van der Waals surface area contributed by atoms with E-state index in [1.165, 1.54) is 12.3 Å². The lowest BCUT2D eigenvalue weighted by Gasteiger charge is -2.07. The molecule has 1 heterocycles. The van der Waals surface area contributed by atoms with Crippen LogP contribution in [-0.2, 0) is 4.79 Å². The van der Waals surface area contributed by atoms with Crippen LogP contribution in [0.2, 0.25) is 10.0 Å². The molecule has 0 saturated carbocycles. The van der Waals surface area contributed by atoms with Crippen LogP contribution < -0.4 is 10.7 Å². The van der Waals surface area contributed by atoms with Crippen molar-refractivity contribution in [2.24, 2.45) is 5.10 Å². The van der Waals surface area contributed by atoms with Crippen molar-refractivity contribution in [1.29, 1.82) is 0 Å². The van der Waals surface area contributed by atoms with Gasteiger partial charge in [0.15, 0.2) is 0 Å². The van der Waals surface area contributed by atoms with Crippen LogP contribution in [0.25, 0.3) is 0 Å². The van der Waals surface area contributed by atoms with Crippen LogP contribution in [0.15, 0.2) is 47.8 Å². The molecule has 124 valence electrons. The molecule has 0 bridgehead atoms. The number of halogens is 2. The molecular weight excluding hydrogens is 351 g/mol. The Labute approximate surface area is 148 Å². The van der Waals surface area contributed by atoms with E-state index < -0.39 is 5.91 Å². The van der Waals surface area contributed by atoms with E-state index in [2.05, 4.69) is 20.8 Å². The quantitative estimate of drug-likeness (QED) is 0.628. The van der Waals surface area contributed by atoms with Crippen LogP contribution in [0.1, 0.15) is 23.7 Å². The molecule has 0 aliphatic carbocycles. The molecule has 0 unspecified atom stereocenters. The first-order valence-corrected chi connectivity index (χ1v) is 7.69. The molecule has 0 radical (unpaired) electrons. The molecule has 2 rings (SSSR count). The molecule has 1 aromatic heterocycles. The summed E-state index contributed by atoms with van der Waals surface area (Å²) >= 11 is 11.8. The fourth-order valence-electron chi connectivity index (χ4n) is 1.76. The highest BCUT2D eigenvalue weighted by Gasteiger charge is 2.09. The number of hydrazone groups is 1.